The lowest BCUT2D eigenvalue weighted by Gasteiger charge is -2.34. The zero-order valence-corrected chi connectivity index (χ0v) is 20.3. The summed E-state index contributed by atoms with van der Waals surface area (Å²) in [6.45, 7) is 6.77. The number of amides is 3. The average Bonchev–Trinajstić information content (AvgIpc) is 3.39. The number of nitrogens with one attached hydrogen (secondary N) is 1. The van der Waals surface area contributed by atoms with Crippen molar-refractivity contribution < 1.29 is 18.8 Å². The predicted octanol–water partition coefficient (Wildman–Crippen LogP) is 2.69. The molecule has 0 radical (unpaired) electrons. The molecular formula is C22H25N5O4S2. The molecule has 0 atom stereocenters. The first-order valence-electron chi connectivity index (χ1n) is 10.7. The molecule has 3 aromatic rings. The van der Waals surface area contributed by atoms with Crippen LogP contribution in [0.5, 0.6) is 0 Å². The Morgan fingerprint density at radius 1 is 1.12 bits per heavy atom. The Balaban J connectivity index is 1.48. The quantitative estimate of drug-likeness (QED) is 0.435. The van der Waals surface area contributed by atoms with Crippen molar-refractivity contribution >= 4 is 51.8 Å². The molecule has 174 valence electrons. The maximum Gasteiger partial charge on any atom is 0.312 e. The molecule has 1 aliphatic rings. The summed E-state index contributed by atoms with van der Waals surface area (Å²) in [6, 6.07) is 7.47. The molecule has 1 aliphatic heterocycles. The van der Waals surface area contributed by atoms with Crippen LogP contribution in [0.25, 0.3) is 11.0 Å². The molecular weight excluding hydrogens is 462 g/mol. The second-order valence-electron chi connectivity index (χ2n) is 7.99. The van der Waals surface area contributed by atoms with Crippen LogP contribution in [-0.4, -0.2) is 69.9 Å². The van der Waals surface area contributed by atoms with Crippen LogP contribution in [0, 0.1) is 6.92 Å². The fourth-order valence-electron chi connectivity index (χ4n) is 3.61. The van der Waals surface area contributed by atoms with Gasteiger partial charge in [-0.3, -0.25) is 14.4 Å². The number of carbonyl (C=O) groups excluding carboxylic acids is 3. The van der Waals surface area contributed by atoms with E-state index in [2.05, 4.69) is 15.5 Å². The molecule has 0 bridgehead atoms. The summed E-state index contributed by atoms with van der Waals surface area (Å²) in [7, 11) is 0. The maximum absolute atomic E-state index is 13.4. The number of benzene rings is 1. The second kappa shape index (κ2) is 9.92. The van der Waals surface area contributed by atoms with Crippen molar-refractivity contribution in [2.75, 3.05) is 26.2 Å². The average molecular weight is 488 g/mol. The number of piperazine rings is 1. The van der Waals surface area contributed by atoms with Crippen molar-refractivity contribution in [1.82, 2.24) is 25.3 Å². The van der Waals surface area contributed by atoms with Gasteiger partial charge in [-0.05, 0) is 26.8 Å². The van der Waals surface area contributed by atoms with Crippen LogP contribution in [0.15, 0.2) is 33.0 Å². The van der Waals surface area contributed by atoms with E-state index in [1.807, 2.05) is 31.2 Å². The first-order valence-corrected chi connectivity index (χ1v) is 12.5. The normalized spacial score (nSPS) is 14.2. The van der Waals surface area contributed by atoms with Gasteiger partial charge in [0.15, 0.2) is 10.1 Å². The number of hydrogen-bond acceptors (Lipinski definition) is 8. The molecule has 0 unspecified atom stereocenters. The Kier molecular flexibility index (Phi) is 6.99. The summed E-state index contributed by atoms with van der Waals surface area (Å²) < 4.78 is 6.82. The molecule has 1 saturated heterocycles. The smallest absolute Gasteiger partial charge is 0.312 e. The van der Waals surface area contributed by atoms with E-state index in [1.165, 1.54) is 28.0 Å². The Hall–Kier alpha value is -2.92. The zero-order chi connectivity index (χ0) is 23.5. The Bertz CT molecular complexity index is 1180. The van der Waals surface area contributed by atoms with Gasteiger partial charge in [0.05, 0.1) is 0 Å². The van der Waals surface area contributed by atoms with Crippen molar-refractivity contribution in [1.29, 1.82) is 0 Å². The van der Waals surface area contributed by atoms with Gasteiger partial charge in [-0.2, -0.15) is 0 Å². The third-order valence-corrected chi connectivity index (χ3v) is 7.21. The van der Waals surface area contributed by atoms with Crippen LogP contribution in [0.2, 0.25) is 0 Å². The van der Waals surface area contributed by atoms with Gasteiger partial charge in [0.25, 0.3) is 5.91 Å². The molecule has 1 N–H and O–H groups in total. The minimum absolute atomic E-state index is 0.113. The number of thioether (sulfide) groups is 1. The van der Waals surface area contributed by atoms with Gasteiger partial charge < -0.3 is 19.5 Å². The van der Waals surface area contributed by atoms with E-state index in [0.29, 0.717) is 43.3 Å². The molecule has 11 heteroatoms. The van der Waals surface area contributed by atoms with E-state index < -0.39 is 11.8 Å². The lowest BCUT2D eigenvalue weighted by Crippen LogP contribution is -2.54. The summed E-state index contributed by atoms with van der Waals surface area (Å²) in [6.07, 6.45) is 0. The summed E-state index contributed by atoms with van der Waals surface area (Å²) in [5.41, 5.74) is 1.48. The standard InChI is InChI=1S/C22H25N5O4S2/c1-13(2)23-19(28)21(30)27-10-8-26(9-11-27)20(29)18-16(12-32-22-25-24-14(3)33-22)15-6-4-5-7-17(15)31-18/h4-7,13H,8-12H2,1-3H3,(H,23,28). The van der Waals surface area contributed by atoms with Crippen LogP contribution in [-0.2, 0) is 15.3 Å². The van der Waals surface area contributed by atoms with E-state index in [0.717, 1.165) is 20.3 Å². The SMILES string of the molecule is Cc1nnc(SCc2c(C(=O)N3CCN(C(=O)C(=O)NC(C)C)CC3)oc3ccccc23)s1. The largest absolute Gasteiger partial charge is 0.451 e. The Morgan fingerprint density at radius 2 is 1.82 bits per heavy atom. The molecule has 33 heavy (non-hydrogen) atoms. The number of aryl methyl sites for hydroxylation is 1. The molecule has 3 amide bonds. The van der Waals surface area contributed by atoms with Crippen LogP contribution in [0.3, 0.4) is 0 Å². The Morgan fingerprint density at radius 3 is 2.48 bits per heavy atom. The number of para-hydroxylation sites is 1. The van der Waals surface area contributed by atoms with Gasteiger partial charge in [0.1, 0.15) is 10.6 Å². The van der Waals surface area contributed by atoms with Gasteiger partial charge in [-0.25, -0.2) is 0 Å². The monoisotopic (exact) mass is 487 g/mol. The Labute approximate surface area is 199 Å². The molecule has 1 aromatic carbocycles. The third-order valence-electron chi connectivity index (χ3n) is 5.21. The minimum Gasteiger partial charge on any atom is -0.451 e. The summed E-state index contributed by atoms with van der Waals surface area (Å²) in [5, 5.41) is 12.6. The van der Waals surface area contributed by atoms with Gasteiger partial charge in [-0.1, -0.05) is 41.3 Å². The summed E-state index contributed by atoms with van der Waals surface area (Å²) in [4.78, 5) is 40.9. The topological polar surface area (TPSA) is 109 Å². The third kappa shape index (κ3) is 5.19. The van der Waals surface area contributed by atoms with Gasteiger partial charge in [0, 0.05) is 48.9 Å². The van der Waals surface area contributed by atoms with Crippen molar-refractivity contribution in [2.45, 2.75) is 36.9 Å². The van der Waals surface area contributed by atoms with E-state index >= 15 is 0 Å². The zero-order valence-electron chi connectivity index (χ0n) is 18.7. The van der Waals surface area contributed by atoms with Crippen LogP contribution in [0.4, 0.5) is 0 Å². The van der Waals surface area contributed by atoms with Crippen LogP contribution >= 0.6 is 23.1 Å². The number of aromatic nitrogens is 2. The molecule has 0 spiro atoms. The lowest BCUT2D eigenvalue weighted by molar-refractivity contribution is -0.147. The molecule has 3 heterocycles. The summed E-state index contributed by atoms with van der Waals surface area (Å²) in [5.74, 6) is -0.561. The highest BCUT2D eigenvalue weighted by Crippen LogP contribution is 2.33. The number of carbonyl (C=O) groups is 3. The van der Waals surface area contributed by atoms with E-state index in [9.17, 15) is 14.4 Å². The highest BCUT2D eigenvalue weighted by Gasteiger charge is 2.31. The lowest BCUT2D eigenvalue weighted by atomic mass is 10.1. The molecule has 9 nitrogen and oxygen atoms in total. The van der Waals surface area contributed by atoms with Crippen molar-refractivity contribution in [3.8, 4) is 0 Å². The highest BCUT2D eigenvalue weighted by molar-refractivity contribution is 8.00. The summed E-state index contributed by atoms with van der Waals surface area (Å²) >= 11 is 3.03. The first kappa shape index (κ1) is 23.2. The number of rotatable bonds is 5. The van der Waals surface area contributed by atoms with E-state index in [1.54, 1.807) is 18.7 Å². The molecule has 1 fully saturated rings. The second-order valence-corrected chi connectivity index (χ2v) is 10.4. The minimum atomic E-state index is -0.617. The number of nitrogens with zero attached hydrogens (tertiary/aromatic N) is 4. The van der Waals surface area contributed by atoms with Gasteiger partial charge in [-0.15, -0.1) is 10.2 Å². The van der Waals surface area contributed by atoms with E-state index in [4.69, 9.17) is 4.42 Å². The fraction of sp³-hybridized carbons (Fsp3) is 0.409. The molecule has 0 saturated carbocycles. The number of furan rings is 1. The van der Waals surface area contributed by atoms with Crippen LogP contribution < -0.4 is 5.32 Å². The van der Waals surface area contributed by atoms with Crippen molar-refractivity contribution in [2.24, 2.45) is 0 Å². The number of fused-ring (bicyclic) bond motifs is 1. The fourth-order valence-corrected chi connectivity index (χ4v) is 5.45. The maximum atomic E-state index is 13.4. The van der Waals surface area contributed by atoms with E-state index in [-0.39, 0.29) is 11.9 Å². The molecule has 2 aromatic heterocycles. The van der Waals surface area contributed by atoms with Crippen LogP contribution in [0.1, 0.15) is 35.0 Å². The number of hydrogen-bond donors (Lipinski definition) is 1. The van der Waals surface area contributed by atoms with Gasteiger partial charge >= 0.3 is 11.8 Å². The molecule has 4 rings (SSSR count). The highest BCUT2D eigenvalue weighted by atomic mass is 32.2. The van der Waals surface area contributed by atoms with Gasteiger partial charge in [0.2, 0.25) is 0 Å². The molecule has 0 aliphatic carbocycles. The predicted molar refractivity (Wildman–Crippen MR) is 126 cm³/mol. The van der Waals surface area contributed by atoms with Crippen molar-refractivity contribution in [3.63, 3.8) is 0 Å². The van der Waals surface area contributed by atoms with Crippen molar-refractivity contribution in [3.05, 3.63) is 40.6 Å². The first-order chi connectivity index (χ1) is 15.8.